The molecule has 0 rings (SSSR count). The molecule has 0 aromatic heterocycles. The Morgan fingerprint density at radius 1 is 0.553 bits per heavy atom. The molecule has 0 aliphatic rings. The van der Waals surface area contributed by atoms with Gasteiger partial charge in [0.1, 0.15) is 13.2 Å². The van der Waals surface area contributed by atoms with Gasteiger partial charge in [-0.1, -0.05) is 142 Å². The lowest BCUT2D eigenvalue weighted by atomic mass is 10.0. The highest BCUT2D eigenvalue weighted by Gasteiger charge is 2.21. The van der Waals surface area contributed by atoms with Gasteiger partial charge < -0.3 is 33.3 Å². The van der Waals surface area contributed by atoms with Crippen molar-refractivity contribution in [3.63, 3.8) is 0 Å². The summed E-state index contributed by atoms with van der Waals surface area (Å²) in [4.78, 5) is 36.6. The van der Waals surface area contributed by atoms with Gasteiger partial charge in [-0.15, -0.1) is 0 Å². The summed E-state index contributed by atoms with van der Waals surface area (Å²) in [5, 5.41) is 11.6. The maximum Gasteiger partial charge on any atom is 0.306 e. The third-order valence-electron chi connectivity index (χ3n) is 8.35. The number of ether oxygens (including phenoxy) is 4. The van der Waals surface area contributed by atoms with Crippen molar-refractivity contribution >= 4 is 17.9 Å². The summed E-state index contributed by atoms with van der Waals surface area (Å²) in [5.74, 6) is -2.28. The number of carbonyl (C=O) groups excluding carboxylic acids is 3. The number of carboxylic acid groups (broad SMARTS) is 1. The molecule has 9 nitrogen and oxygen atoms in total. The smallest absolute Gasteiger partial charge is 0.306 e. The average molecular weight is 672 g/mol. The summed E-state index contributed by atoms with van der Waals surface area (Å²) in [7, 11) is 5.90. The zero-order valence-electron chi connectivity index (χ0n) is 31.2. The number of carbonyl (C=O) groups is 3. The van der Waals surface area contributed by atoms with E-state index < -0.39 is 24.3 Å². The van der Waals surface area contributed by atoms with Crippen LogP contribution in [0.25, 0.3) is 0 Å². The predicted molar refractivity (Wildman–Crippen MR) is 187 cm³/mol. The Bertz CT molecular complexity index is 754. The minimum Gasteiger partial charge on any atom is -0.545 e. The van der Waals surface area contributed by atoms with E-state index in [0.717, 1.165) is 38.5 Å². The number of rotatable bonds is 35. The van der Waals surface area contributed by atoms with Gasteiger partial charge in [-0.25, -0.2) is 0 Å². The van der Waals surface area contributed by atoms with Crippen LogP contribution >= 0.6 is 0 Å². The van der Waals surface area contributed by atoms with Gasteiger partial charge in [-0.2, -0.15) is 0 Å². The molecule has 0 aliphatic heterocycles. The van der Waals surface area contributed by atoms with E-state index in [2.05, 4.69) is 13.8 Å². The maximum atomic E-state index is 12.6. The lowest BCUT2D eigenvalue weighted by molar-refractivity contribution is -0.870. The number of hydrogen-bond donors (Lipinski definition) is 0. The van der Waals surface area contributed by atoms with Crippen molar-refractivity contribution in [1.82, 2.24) is 0 Å². The van der Waals surface area contributed by atoms with Crippen LogP contribution in [0.4, 0.5) is 0 Å². The maximum absolute atomic E-state index is 12.6. The Labute approximate surface area is 288 Å². The lowest BCUT2D eigenvalue weighted by Crippen LogP contribution is -2.44. The second-order valence-corrected chi connectivity index (χ2v) is 14.2. The molecule has 2 atom stereocenters. The van der Waals surface area contributed by atoms with Crippen LogP contribution in [0.1, 0.15) is 168 Å². The van der Waals surface area contributed by atoms with Gasteiger partial charge in [0.2, 0.25) is 0 Å². The van der Waals surface area contributed by atoms with Gasteiger partial charge >= 0.3 is 11.9 Å². The fourth-order valence-electron chi connectivity index (χ4n) is 5.30. The van der Waals surface area contributed by atoms with E-state index in [4.69, 9.17) is 18.9 Å². The molecule has 0 fully saturated rings. The van der Waals surface area contributed by atoms with E-state index in [0.29, 0.717) is 17.4 Å². The van der Waals surface area contributed by atoms with Crippen molar-refractivity contribution in [2.24, 2.45) is 0 Å². The molecule has 0 saturated carbocycles. The first-order valence-corrected chi connectivity index (χ1v) is 19.2. The zero-order chi connectivity index (χ0) is 35.0. The number of nitrogens with zero attached hydrogens (tertiary/aromatic N) is 1. The molecule has 0 bridgehead atoms. The fourth-order valence-corrected chi connectivity index (χ4v) is 5.30. The lowest BCUT2D eigenvalue weighted by Gasteiger charge is -2.26. The Morgan fingerprint density at radius 2 is 0.957 bits per heavy atom. The van der Waals surface area contributed by atoms with Crippen molar-refractivity contribution in [1.29, 1.82) is 0 Å². The quantitative estimate of drug-likeness (QED) is 0.0292. The van der Waals surface area contributed by atoms with E-state index in [1.807, 2.05) is 21.1 Å². The number of hydrogen-bond acceptors (Lipinski definition) is 8. The molecule has 0 aromatic rings. The highest BCUT2D eigenvalue weighted by molar-refractivity contribution is 5.70. The molecule has 0 N–H and O–H groups in total. The van der Waals surface area contributed by atoms with Crippen molar-refractivity contribution < 1.29 is 42.9 Å². The molecular weight excluding hydrogens is 598 g/mol. The van der Waals surface area contributed by atoms with Crippen LogP contribution in [-0.2, 0) is 33.3 Å². The van der Waals surface area contributed by atoms with Crippen LogP contribution in [0, 0.1) is 0 Å². The first-order chi connectivity index (χ1) is 22.6. The highest BCUT2D eigenvalue weighted by Crippen LogP contribution is 2.14. The van der Waals surface area contributed by atoms with Crippen LogP contribution in [0.15, 0.2) is 0 Å². The standard InChI is InChI=1S/C38H73NO8/c1-6-8-10-12-14-16-17-18-19-20-21-23-25-27-29-36(41)47-34(33-46-38(37(42)43)44-31-30-39(3,4)5)32-45-35(40)28-26-24-22-15-13-11-9-7-2/h34,38H,6-33H2,1-5H3. The summed E-state index contributed by atoms with van der Waals surface area (Å²) >= 11 is 0. The van der Waals surface area contributed by atoms with Crippen molar-refractivity contribution in [3.05, 3.63) is 0 Å². The minimum absolute atomic E-state index is 0.152. The first kappa shape index (κ1) is 45.3. The first-order valence-electron chi connectivity index (χ1n) is 19.2. The molecule has 0 aliphatic carbocycles. The molecule has 0 radical (unpaired) electrons. The summed E-state index contributed by atoms with van der Waals surface area (Å²) in [6, 6.07) is 0. The van der Waals surface area contributed by atoms with Gasteiger partial charge in [-0.3, -0.25) is 9.59 Å². The van der Waals surface area contributed by atoms with Gasteiger partial charge in [0, 0.05) is 12.8 Å². The normalized spacial score (nSPS) is 13.0. The van der Waals surface area contributed by atoms with Crippen LogP contribution in [0.3, 0.4) is 0 Å². The molecular formula is C38H73NO8. The highest BCUT2D eigenvalue weighted by atomic mass is 16.7. The van der Waals surface area contributed by atoms with Crippen LogP contribution < -0.4 is 5.11 Å². The van der Waals surface area contributed by atoms with Crippen LogP contribution in [-0.4, -0.2) is 82.3 Å². The Morgan fingerprint density at radius 3 is 1.36 bits per heavy atom. The van der Waals surface area contributed by atoms with Crippen LogP contribution in [0.5, 0.6) is 0 Å². The molecule has 0 amide bonds. The van der Waals surface area contributed by atoms with E-state index >= 15 is 0 Å². The molecule has 278 valence electrons. The van der Waals surface area contributed by atoms with Crippen molar-refractivity contribution in [2.45, 2.75) is 180 Å². The Balaban J connectivity index is 4.48. The van der Waals surface area contributed by atoms with E-state index in [1.165, 1.54) is 103 Å². The molecule has 2 unspecified atom stereocenters. The topological polar surface area (TPSA) is 111 Å². The number of likely N-dealkylation sites (N-methyl/N-ethyl adjacent to an activating group) is 1. The molecule has 0 heterocycles. The Kier molecular flexibility index (Phi) is 30.4. The Hall–Kier alpha value is -1.71. The van der Waals surface area contributed by atoms with Gasteiger partial charge in [0.05, 0.1) is 40.3 Å². The molecule has 0 aromatic carbocycles. The number of esters is 2. The second kappa shape index (κ2) is 31.6. The third kappa shape index (κ3) is 32.6. The summed E-state index contributed by atoms with van der Waals surface area (Å²) < 4.78 is 22.4. The second-order valence-electron chi connectivity index (χ2n) is 14.2. The van der Waals surface area contributed by atoms with Crippen molar-refractivity contribution in [3.8, 4) is 0 Å². The van der Waals surface area contributed by atoms with Gasteiger partial charge in [0.25, 0.3) is 0 Å². The number of unbranched alkanes of at least 4 members (excludes halogenated alkanes) is 20. The summed E-state index contributed by atoms with van der Waals surface area (Å²) in [6.45, 7) is 4.70. The summed E-state index contributed by atoms with van der Waals surface area (Å²) in [5.41, 5.74) is 0. The predicted octanol–water partition coefficient (Wildman–Crippen LogP) is 7.66. The number of quaternary nitrogens is 1. The average Bonchev–Trinajstić information content (AvgIpc) is 3.02. The molecule has 9 heteroatoms. The third-order valence-corrected chi connectivity index (χ3v) is 8.35. The van der Waals surface area contributed by atoms with E-state index in [-0.39, 0.29) is 32.2 Å². The SMILES string of the molecule is CCCCCCCCCCCCCCCCC(=O)OC(COC(=O)CCCCCCCCCC)COC(OCC[N+](C)(C)C)C(=O)[O-]. The van der Waals surface area contributed by atoms with E-state index in [1.54, 1.807) is 0 Å². The monoisotopic (exact) mass is 672 g/mol. The van der Waals surface area contributed by atoms with Crippen molar-refractivity contribution in [2.75, 3.05) is 47.5 Å². The van der Waals surface area contributed by atoms with E-state index in [9.17, 15) is 19.5 Å². The van der Waals surface area contributed by atoms with Crippen LogP contribution in [0.2, 0.25) is 0 Å². The summed E-state index contributed by atoms with van der Waals surface area (Å²) in [6.07, 6.45) is 24.2. The number of carboxylic acids is 1. The fraction of sp³-hybridized carbons (Fsp3) is 0.921. The zero-order valence-corrected chi connectivity index (χ0v) is 31.2. The minimum atomic E-state index is -1.61. The van der Waals surface area contributed by atoms with Gasteiger partial charge in [-0.05, 0) is 12.8 Å². The van der Waals surface area contributed by atoms with Gasteiger partial charge in [0.15, 0.2) is 12.4 Å². The largest absolute Gasteiger partial charge is 0.545 e. The molecule has 0 spiro atoms. The molecule has 0 saturated heterocycles. The molecule has 47 heavy (non-hydrogen) atoms. The number of aliphatic carboxylic acids is 1.